The molecule has 88 valence electrons. The van der Waals surface area contributed by atoms with Crippen molar-refractivity contribution in [1.82, 2.24) is 5.32 Å². The van der Waals surface area contributed by atoms with E-state index in [1.165, 1.54) is 12.8 Å². The summed E-state index contributed by atoms with van der Waals surface area (Å²) in [5.74, 6) is 0.663. The topological polar surface area (TPSA) is 41.5 Å². The second-order valence-electron chi connectivity index (χ2n) is 4.54. The van der Waals surface area contributed by atoms with Crippen LogP contribution in [-0.4, -0.2) is 17.8 Å². The van der Waals surface area contributed by atoms with Crippen LogP contribution in [0.3, 0.4) is 0 Å². The molecule has 0 radical (unpaired) electrons. The van der Waals surface area contributed by atoms with E-state index < -0.39 is 0 Å². The van der Waals surface area contributed by atoms with Crippen LogP contribution in [0.1, 0.15) is 25.3 Å². The van der Waals surface area contributed by atoms with Crippen LogP contribution < -0.4 is 10.1 Å². The minimum absolute atomic E-state index is 0.156. The maximum absolute atomic E-state index is 9.67. The van der Waals surface area contributed by atoms with Crippen LogP contribution in [0, 0.1) is 0 Å². The first kappa shape index (κ1) is 11.7. The van der Waals surface area contributed by atoms with E-state index in [1.54, 1.807) is 7.11 Å². The molecule has 1 aliphatic carbocycles. The molecule has 0 aliphatic heterocycles. The number of hydrogen-bond donors (Lipinski definition) is 2. The van der Waals surface area contributed by atoms with E-state index >= 15 is 0 Å². The first-order valence-corrected chi connectivity index (χ1v) is 6.14. The predicted octanol–water partition coefficient (Wildman–Crippen LogP) is 2.81. The van der Waals surface area contributed by atoms with E-state index in [2.05, 4.69) is 28.2 Å². The Bertz CT molecular complexity index is 402. The van der Waals surface area contributed by atoms with Crippen LogP contribution >= 0.6 is 15.9 Å². The average Bonchev–Trinajstić information content (AvgIpc) is 2.99. The Morgan fingerprint density at radius 2 is 2.19 bits per heavy atom. The molecule has 0 bridgehead atoms. The first-order chi connectivity index (χ1) is 7.54. The maximum atomic E-state index is 9.67. The van der Waals surface area contributed by atoms with Crippen LogP contribution in [0.4, 0.5) is 0 Å². The molecule has 0 spiro atoms. The van der Waals surface area contributed by atoms with Crippen molar-refractivity contribution in [3.63, 3.8) is 0 Å². The largest absolute Gasteiger partial charge is 0.503 e. The van der Waals surface area contributed by atoms with E-state index in [9.17, 15) is 5.11 Å². The first-order valence-electron chi connectivity index (χ1n) is 5.34. The molecule has 1 aliphatic rings. The lowest BCUT2D eigenvalue weighted by Crippen LogP contribution is -2.26. The van der Waals surface area contributed by atoms with Crippen molar-refractivity contribution in [3.05, 3.63) is 22.2 Å². The summed E-state index contributed by atoms with van der Waals surface area (Å²) in [6.45, 7) is 3.02. The van der Waals surface area contributed by atoms with E-state index in [-0.39, 0.29) is 5.75 Å². The fourth-order valence-electron chi connectivity index (χ4n) is 1.56. The highest BCUT2D eigenvalue weighted by atomic mass is 79.9. The molecule has 1 aromatic rings. The average molecular weight is 286 g/mol. The number of methoxy groups -OCH3 is 1. The Morgan fingerprint density at radius 3 is 2.75 bits per heavy atom. The van der Waals surface area contributed by atoms with Gasteiger partial charge in [-0.2, -0.15) is 0 Å². The Balaban J connectivity index is 2.11. The quantitative estimate of drug-likeness (QED) is 0.894. The van der Waals surface area contributed by atoms with Gasteiger partial charge in [0.2, 0.25) is 0 Å². The predicted molar refractivity (Wildman–Crippen MR) is 66.8 cm³/mol. The third-order valence-corrected chi connectivity index (χ3v) is 3.63. The summed E-state index contributed by atoms with van der Waals surface area (Å²) in [7, 11) is 1.56. The fourth-order valence-corrected chi connectivity index (χ4v) is 2.05. The minimum Gasteiger partial charge on any atom is -0.503 e. The molecule has 2 rings (SSSR count). The Kier molecular flexibility index (Phi) is 3.13. The summed E-state index contributed by atoms with van der Waals surface area (Å²) >= 11 is 3.32. The zero-order valence-corrected chi connectivity index (χ0v) is 11.1. The summed E-state index contributed by atoms with van der Waals surface area (Å²) in [5.41, 5.74) is 1.42. The molecule has 2 N–H and O–H groups in total. The molecule has 0 saturated heterocycles. The summed E-state index contributed by atoms with van der Waals surface area (Å²) in [6.07, 6.45) is 2.48. The van der Waals surface area contributed by atoms with Crippen molar-refractivity contribution in [2.75, 3.05) is 7.11 Å². The van der Waals surface area contributed by atoms with Gasteiger partial charge in [-0.15, -0.1) is 0 Å². The van der Waals surface area contributed by atoms with Gasteiger partial charge in [-0.1, -0.05) is 0 Å². The molecular weight excluding hydrogens is 270 g/mol. The highest BCUT2D eigenvalue weighted by molar-refractivity contribution is 9.10. The van der Waals surface area contributed by atoms with Gasteiger partial charge in [0.05, 0.1) is 11.6 Å². The lowest BCUT2D eigenvalue weighted by Gasteiger charge is -2.13. The second-order valence-corrected chi connectivity index (χ2v) is 5.40. The Morgan fingerprint density at radius 1 is 1.50 bits per heavy atom. The molecule has 4 heteroatoms. The maximum Gasteiger partial charge on any atom is 0.172 e. The summed E-state index contributed by atoms with van der Waals surface area (Å²) in [5, 5.41) is 13.2. The molecule has 1 fully saturated rings. The van der Waals surface area contributed by atoms with Crippen molar-refractivity contribution in [3.8, 4) is 11.5 Å². The van der Waals surface area contributed by atoms with Crippen LogP contribution in [0.5, 0.6) is 11.5 Å². The van der Waals surface area contributed by atoms with Crippen molar-refractivity contribution in [1.29, 1.82) is 0 Å². The number of ether oxygens (including phenoxy) is 1. The zero-order valence-electron chi connectivity index (χ0n) is 9.51. The number of rotatable bonds is 4. The summed E-state index contributed by atoms with van der Waals surface area (Å²) in [4.78, 5) is 0. The molecule has 0 heterocycles. The number of halogens is 1. The molecule has 3 nitrogen and oxygen atoms in total. The van der Waals surface area contributed by atoms with Crippen molar-refractivity contribution >= 4 is 15.9 Å². The second kappa shape index (κ2) is 4.26. The molecule has 1 saturated carbocycles. The monoisotopic (exact) mass is 285 g/mol. The Hall–Kier alpha value is -0.740. The van der Waals surface area contributed by atoms with Gasteiger partial charge in [-0.05, 0) is 53.4 Å². The van der Waals surface area contributed by atoms with Gasteiger partial charge < -0.3 is 15.2 Å². The smallest absolute Gasteiger partial charge is 0.172 e. The standard InChI is InChI=1S/C12H16BrNO2/c1-12(3-4-12)14-7-8-5-9(13)11(15)10(6-8)16-2/h5-6,14-15H,3-4,7H2,1-2H3. The van der Waals surface area contributed by atoms with Crippen LogP contribution in [0.15, 0.2) is 16.6 Å². The third kappa shape index (κ3) is 2.50. The third-order valence-electron chi connectivity index (χ3n) is 3.03. The van der Waals surface area contributed by atoms with E-state index in [0.29, 0.717) is 15.8 Å². The molecular formula is C12H16BrNO2. The fraction of sp³-hybridized carbons (Fsp3) is 0.500. The lowest BCUT2D eigenvalue weighted by molar-refractivity contribution is 0.371. The molecule has 0 amide bonds. The normalized spacial score (nSPS) is 17.2. The number of benzene rings is 1. The highest BCUT2D eigenvalue weighted by Crippen LogP contribution is 2.37. The van der Waals surface area contributed by atoms with Gasteiger partial charge in [0, 0.05) is 12.1 Å². The minimum atomic E-state index is 0.156. The Labute approximate surface area is 104 Å². The number of phenolic OH excluding ortho intramolecular Hbond substituents is 1. The lowest BCUT2D eigenvalue weighted by atomic mass is 10.2. The number of hydrogen-bond acceptors (Lipinski definition) is 3. The van der Waals surface area contributed by atoms with Gasteiger partial charge in [0.1, 0.15) is 0 Å². The molecule has 0 aromatic heterocycles. The molecule has 16 heavy (non-hydrogen) atoms. The summed E-state index contributed by atoms with van der Waals surface area (Å²) in [6, 6.07) is 3.77. The van der Waals surface area contributed by atoms with E-state index in [4.69, 9.17) is 4.74 Å². The number of nitrogens with one attached hydrogen (secondary N) is 1. The van der Waals surface area contributed by atoms with Crippen molar-refractivity contribution in [2.45, 2.75) is 31.8 Å². The van der Waals surface area contributed by atoms with Gasteiger partial charge in [0.25, 0.3) is 0 Å². The zero-order chi connectivity index (χ0) is 11.8. The van der Waals surface area contributed by atoms with Crippen LogP contribution in [0.2, 0.25) is 0 Å². The van der Waals surface area contributed by atoms with E-state index in [1.807, 2.05) is 12.1 Å². The SMILES string of the molecule is COc1cc(CNC2(C)CC2)cc(Br)c1O. The number of phenols is 1. The number of aromatic hydroxyl groups is 1. The molecule has 1 aromatic carbocycles. The van der Waals surface area contributed by atoms with Crippen LogP contribution in [-0.2, 0) is 6.54 Å². The van der Waals surface area contributed by atoms with Gasteiger partial charge in [-0.25, -0.2) is 0 Å². The highest BCUT2D eigenvalue weighted by Gasteiger charge is 2.36. The molecule has 0 unspecified atom stereocenters. The van der Waals surface area contributed by atoms with Crippen molar-refractivity contribution < 1.29 is 9.84 Å². The van der Waals surface area contributed by atoms with Gasteiger partial charge in [0.15, 0.2) is 11.5 Å². The van der Waals surface area contributed by atoms with Gasteiger partial charge in [-0.3, -0.25) is 0 Å². The molecule has 0 atom stereocenters. The van der Waals surface area contributed by atoms with Crippen molar-refractivity contribution in [2.24, 2.45) is 0 Å². The van der Waals surface area contributed by atoms with E-state index in [0.717, 1.165) is 12.1 Å². The van der Waals surface area contributed by atoms with Crippen LogP contribution in [0.25, 0.3) is 0 Å². The summed E-state index contributed by atoms with van der Waals surface area (Å²) < 4.78 is 5.78. The van der Waals surface area contributed by atoms with Gasteiger partial charge >= 0.3 is 0 Å².